The van der Waals surface area contributed by atoms with Crippen molar-refractivity contribution in [2.45, 2.75) is 31.8 Å². The molecule has 0 fully saturated rings. The first kappa shape index (κ1) is 29.0. The molecule has 5 aromatic rings. The van der Waals surface area contributed by atoms with Gasteiger partial charge in [0.05, 0.1) is 17.2 Å². The van der Waals surface area contributed by atoms with Crippen molar-refractivity contribution in [3.63, 3.8) is 0 Å². The second kappa shape index (κ2) is 10.7. The van der Waals surface area contributed by atoms with Crippen molar-refractivity contribution >= 4 is 9.84 Å². The summed E-state index contributed by atoms with van der Waals surface area (Å²) in [7, 11) is -3.51. The number of aromatic nitrogens is 4. The Hall–Kier alpha value is -4.52. The third-order valence-corrected chi connectivity index (χ3v) is 7.47. The molecule has 0 amide bonds. The number of imidazole rings is 1. The van der Waals surface area contributed by atoms with Crippen molar-refractivity contribution < 1.29 is 35.1 Å². The third kappa shape index (κ3) is 5.64. The molecule has 0 aliphatic heterocycles. The lowest BCUT2D eigenvalue weighted by atomic mass is 9.98. The van der Waals surface area contributed by atoms with Crippen LogP contribution in [0.4, 0.5) is 17.6 Å². The van der Waals surface area contributed by atoms with Gasteiger partial charge in [-0.2, -0.15) is 13.2 Å². The number of nitrogens with zero attached hydrogens (tertiary/aromatic N) is 4. The van der Waals surface area contributed by atoms with Crippen molar-refractivity contribution in [3.8, 4) is 45.3 Å². The Labute approximate surface area is 238 Å². The minimum absolute atomic E-state index is 0.0611. The maximum atomic E-state index is 14.8. The molecule has 2 aromatic carbocycles. The van der Waals surface area contributed by atoms with Gasteiger partial charge < -0.3 is 13.7 Å². The van der Waals surface area contributed by atoms with Crippen LogP contribution in [0.15, 0.2) is 70.2 Å². The van der Waals surface area contributed by atoms with Gasteiger partial charge in [-0.15, -0.1) is 0 Å². The lowest BCUT2D eigenvalue weighted by Crippen LogP contribution is -2.05. The molecule has 0 saturated carbocycles. The summed E-state index contributed by atoms with van der Waals surface area (Å²) in [4.78, 5) is 12.3. The van der Waals surface area contributed by atoms with Crippen LogP contribution in [0.2, 0.25) is 0 Å². The molecule has 8 nitrogen and oxygen atoms in total. The van der Waals surface area contributed by atoms with E-state index in [1.165, 1.54) is 35.9 Å². The number of alkyl halides is 3. The summed E-state index contributed by atoms with van der Waals surface area (Å²) in [6, 6.07) is 12.3. The number of benzene rings is 2. The maximum Gasteiger partial charge on any atom is 0.434 e. The maximum absolute atomic E-state index is 14.8. The van der Waals surface area contributed by atoms with Crippen molar-refractivity contribution in [2.24, 2.45) is 0 Å². The van der Waals surface area contributed by atoms with Gasteiger partial charge in [0.15, 0.2) is 33.0 Å². The highest BCUT2D eigenvalue weighted by Crippen LogP contribution is 2.40. The fraction of sp³-hybridized carbons (Fsp3) is 0.207. The molecule has 0 radical (unpaired) electrons. The lowest BCUT2D eigenvalue weighted by Gasteiger charge is -2.14. The Morgan fingerprint density at radius 3 is 2.38 bits per heavy atom. The van der Waals surface area contributed by atoms with Crippen molar-refractivity contribution in [2.75, 3.05) is 12.9 Å². The first-order chi connectivity index (χ1) is 19.8. The summed E-state index contributed by atoms with van der Waals surface area (Å²) in [5, 5.41) is 0. The molecule has 0 aliphatic rings. The standard InChI is InChI=1S/C29H24F4N4O4S/c1-5-40-28-23(30)13-20(14-34-28)27-26(36-17(3)41-27)22-12-19(18-7-6-8-21(11-18)42(4,38)39)9-10-24(22)37-15-25(29(31,32)33)35-16(37)2/h6-15H,5H2,1-4H3. The molecule has 13 heteroatoms. The number of aryl methyl sites for hydroxylation is 2. The van der Waals surface area contributed by atoms with Gasteiger partial charge in [-0.05, 0) is 55.3 Å². The highest BCUT2D eigenvalue weighted by Gasteiger charge is 2.35. The van der Waals surface area contributed by atoms with Crippen LogP contribution in [-0.2, 0) is 16.0 Å². The molecule has 218 valence electrons. The van der Waals surface area contributed by atoms with Gasteiger partial charge in [0.2, 0.25) is 5.88 Å². The Balaban J connectivity index is 1.76. The van der Waals surface area contributed by atoms with Gasteiger partial charge in [0.25, 0.3) is 0 Å². The monoisotopic (exact) mass is 600 g/mol. The van der Waals surface area contributed by atoms with Crippen LogP contribution in [0.3, 0.4) is 0 Å². The largest absolute Gasteiger partial charge is 0.476 e. The SMILES string of the molecule is CCOc1ncc(-c2oc(C)nc2-c2cc(-c3cccc(S(C)(=O)=O)c3)ccc2-n2cc(C(F)(F)F)nc2C)cc1F. The Bertz CT molecular complexity index is 1910. The number of hydrogen-bond acceptors (Lipinski definition) is 7. The van der Waals surface area contributed by atoms with Gasteiger partial charge in [0.1, 0.15) is 11.5 Å². The number of pyridine rings is 1. The number of sulfone groups is 1. The van der Waals surface area contributed by atoms with E-state index in [-0.39, 0.29) is 51.8 Å². The number of rotatable bonds is 7. The van der Waals surface area contributed by atoms with Gasteiger partial charge >= 0.3 is 6.18 Å². The van der Waals surface area contributed by atoms with Crippen LogP contribution in [0, 0.1) is 19.7 Å². The van der Waals surface area contributed by atoms with Gasteiger partial charge in [-0.25, -0.2) is 27.8 Å². The molecule has 0 bridgehead atoms. The molecule has 0 saturated heterocycles. The molecular formula is C29H24F4N4O4S. The van der Waals surface area contributed by atoms with E-state index in [0.29, 0.717) is 16.7 Å². The van der Waals surface area contributed by atoms with E-state index in [2.05, 4.69) is 15.0 Å². The fourth-order valence-electron chi connectivity index (χ4n) is 4.47. The zero-order valence-electron chi connectivity index (χ0n) is 22.8. The third-order valence-electron chi connectivity index (χ3n) is 6.36. The highest BCUT2D eigenvalue weighted by molar-refractivity contribution is 7.90. The molecule has 0 spiro atoms. The normalized spacial score (nSPS) is 12.1. The Kier molecular flexibility index (Phi) is 7.39. The van der Waals surface area contributed by atoms with E-state index in [9.17, 15) is 26.0 Å². The van der Waals surface area contributed by atoms with E-state index >= 15 is 0 Å². The average molecular weight is 601 g/mol. The lowest BCUT2D eigenvalue weighted by molar-refractivity contribution is -0.141. The predicted octanol–water partition coefficient (Wildman–Crippen LogP) is 6.83. The van der Waals surface area contributed by atoms with E-state index in [0.717, 1.165) is 12.5 Å². The summed E-state index contributed by atoms with van der Waals surface area (Å²) in [5.74, 6) is -0.532. The fourth-order valence-corrected chi connectivity index (χ4v) is 5.14. The van der Waals surface area contributed by atoms with E-state index in [1.54, 1.807) is 44.2 Å². The molecule has 3 aromatic heterocycles. The first-order valence-electron chi connectivity index (χ1n) is 12.6. The predicted molar refractivity (Wildman–Crippen MR) is 146 cm³/mol. The van der Waals surface area contributed by atoms with Gasteiger partial charge in [0, 0.05) is 36.7 Å². The number of halogens is 4. The van der Waals surface area contributed by atoms with Crippen LogP contribution in [0.1, 0.15) is 24.3 Å². The van der Waals surface area contributed by atoms with E-state index < -0.39 is 27.5 Å². The van der Waals surface area contributed by atoms with Crippen molar-refractivity contribution in [1.82, 2.24) is 19.5 Å². The summed E-state index contributed by atoms with van der Waals surface area (Å²) in [6.07, 6.45) is -1.36. The minimum atomic E-state index is -4.68. The Morgan fingerprint density at radius 2 is 1.74 bits per heavy atom. The first-order valence-corrected chi connectivity index (χ1v) is 14.5. The number of oxazole rings is 1. The highest BCUT2D eigenvalue weighted by atomic mass is 32.2. The molecule has 0 atom stereocenters. The Morgan fingerprint density at radius 1 is 1.00 bits per heavy atom. The van der Waals surface area contributed by atoms with Gasteiger partial charge in [-0.3, -0.25) is 0 Å². The second-order valence-electron chi connectivity index (χ2n) is 9.43. The molecule has 0 N–H and O–H groups in total. The van der Waals surface area contributed by atoms with E-state index in [4.69, 9.17) is 9.15 Å². The zero-order valence-corrected chi connectivity index (χ0v) is 23.6. The zero-order chi connectivity index (χ0) is 30.4. The second-order valence-corrected chi connectivity index (χ2v) is 11.4. The summed E-state index contributed by atoms with van der Waals surface area (Å²) < 4.78 is 92.1. The van der Waals surface area contributed by atoms with Crippen LogP contribution >= 0.6 is 0 Å². The van der Waals surface area contributed by atoms with Gasteiger partial charge in [-0.1, -0.05) is 18.2 Å². The number of ether oxygens (including phenoxy) is 1. The summed E-state index contributed by atoms with van der Waals surface area (Å²) >= 11 is 0. The molecule has 5 rings (SSSR count). The molecular weight excluding hydrogens is 576 g/mol. The van der Waals surface area contributed by atoms with Crippen LogP contribution in [0.5, 0.6) is 5.88 Å². The van der Waals surface area contributed by atoms with E-state index in [1.807, 2.05) is 0 Å². The average Bonchev–Trinajstić information content (AvgIpc) is 3.52. The minimum Gasteiger partial charge on any atom is -0.476 e. The topological polar surface area (TPSA) is 100 Å². The number of hydrogen-bond donors (Lipinski definition) is 0. The smallest absolute Gasteiger partial charge is 0.434 e. The van der Waals surface area contributed by atoms with Crippen LogP contribution < -0.4 is 4.74 Å². The van der Waals surface area contributed by atoms with Crippen molar-refractivity contribution in [1.29, 1.82) is 0 Å². The van der Waals surface area contributed by atoms with Crippen molar-refractivity contribution in [3.05, 3.63) is 84.2 Å². The molecule has 42 heavy (non-hydrogen) atoms. The summed E-state index contributed by atoms with van der Waals surface area (Å²) in [5.41, 5.74) is 1.05. The van der Waals surface area contributed by atoms with Crippen LogP contribution in [0.25, 0.3) is 39.4 Å². The molecule has 0 aliphatic carbocycles. The molecule has 3 heterocycles. The quantitative estimate of drug-likeness (QED) is 0.189. The molecule has 0 unspecified atom stereocenters. The van der Waals surface area contributed by atoms with Crippen LogP contribution in [-0.4, -0.2) is 40.8 Å². The summed E-state index contributed by atoms with van der Waals surface area (Å²) in [6.45, 7) is 4.91.